The van der Waals surface area contributed by atoms with Crippen molar-refractivity contribution in [2.75, 3.05) is 37.0 Å². The summed E-state index contributed by atoms with van der Waals surface area (Å²) in [6.45, 7) is 9.15. The molecule has 0 aromatic heterocycles. The normalized spacial score (nSPS) is 14.2. The van der Waals surface area contributed by atoms with Gasteiger partial charge in [-0.1, -0.05) is 61.5 Å². The van der Waals surface area contributed by atoms with E-state index >= 15 is 0 Å². The van der Waals surface area contributed by atoms with E-state index in [0.717, 1.165) is 36.3 Å². The molecule has 1 fully saturated rings. The van der Waals surface area contributed by atoms with Gasteiger partial charge in [-0.3, -0.25) is 14.0 Å². The zero-order valence-corrected chi connectivity index (χ0v) is 21.5. The van der Waals surface area contributed by atoms with Crippen molar-refractivity contribution in [1.29, 1.82) is 0 Å². The third-order valence-corrected chi connectivity index (χ3v) is 8.43. The predicted octanol–water partition coefficient (Wildman–Crippen LogP) is 4.79. The fourth-order valence-electron chi connectivity index (χ4n) is 4.25. The number of nitrogens with zero attached hydrogens (tertiary/aromatic N) is 3. The second kappa shape index (κ2) is 11.7. The van der Waals surface area contributed by atoms with E-state index in [2.05, 4.69) is 17.0 Å². The van der Waals surface area contributed by atoms with E-state index in [4.69, 9.17) is 0 Å². The highest BCUT2D eigenvalue weighted by atomic mass is 32.2. The predicted molar refractivity (Wildman–Crippen MR) is 147 cm³/mol. The summed E-state index contributed by atoms with van der Waals surface area (Å²) in [7, 11) is -3.91. The van der Waals surface area contributed by atoms with Gasteiger partial charge in [0, 0.05) is 32.7 Å². The van der Waals surface area contributed by atoms with Gasteiger partial charge < -0.3 is 4.90 Å². The lowest BCUT2D eigenvalue weighted by Gasteiger charge is -2.36. The molecule has 1 aliphatic heterocycles. The Morgan fingerprint density at radius 2 is 1.47 bits per heavy atom. The third kappa shape index (κ3) is 6.33. The standard InChI is InChI=1S/C28H33N3O3S.CH4/c1-22-9-13-27(14-10-22)35(33,34)31(26-12-11-23(2)24(3)19-26)21-28(32)30-17-15-29(16-18-30)20-25-7-5-4-6-8-25;/h4-14,19H,15-18,20-21H2,1-3H3;1H4. The maximum absolute atomic E-state index is 13.7. The Hall–Kier alpha value is -3.16. The van der Waals surface area contributed by atoms with Crippen LogP contribution in [-0.2, 0) is 21.4 Å². The van der Waals surface area contributed by atoms with Crippen molar-refractivity contribution in [3.8, 4) is 0 Å². The molecule has 0 radical (unpaired) electrons. The molecule has 1 saturated heterocycles. The van der Waals surface area contributed by atoms with Crippen LogP contribution in [0.4, 0.5) is 5.69 Å². The molecule has 0 saturated carbocycles. The highest BCUT2D eigenvalue weighted by molar-refractivity contribution is 7.92. The van der Waals surface area contributed by atoms with E-state index in [0.29, 0.717) is 18.8 Å². The number of benzene rings is 3. The molecule has 7 heteroatoms. The highest BCUT2D eigenvalue weighted by Gasteiger charge is 2.30. The van der Waals surface area contributed by atoms with E-state index in [-0.39, 0.29) is 24.8 Å². The smallest absolute Gasteiger partial charge is 0.264 e. The molecule has 0 bridgehead atoms. The highest BCUT2D eigenvalue weighted by Crippen LogP contribution is 2.26. The van der Waals surface area contributed by atoms with Crippen molar-refractivity contribution in [2.24, 2.45) is 0 Å². The summed E-state index contributed by atoms with van der Waals surface area (Å²) in [5, 5.41) is 0. The summed E-state index contributed by atoms with van der Waals surface area (Å²) < 4.78 is 28.6. The van der Waals surface area contributed by atoms with Gasteiger partial charge in [0.05, 0.1) is 10.6 Å². The van der Waals surface area contributed by atoms with Gasteiger partial charge in [-0.15, -0.1) is 0 Å². The van der Waals surface area contributed by atoms with Gasteiger partial charge in [0.25, 0.3) is 10.0 Å². The van der Waals surface area contributed by atoms with Gasteiger partial charge >= 0.3 is 0 Å². The number of rotatable bonds is 7. The molecule has 4 rings (SSSR count). The first-order valence-electron chi connectivity index (χ1n) is 11.9. The molecular weight excluding hydrogens is 470 g/mol. The molecule has 0 unspecified atom stereocenters. The number of amides is 1. The first-order valence-corrected chi connectivity index (χ1v) is 13.4. The fourth-order valence-corrected chi connectivity index (χ4v) is 5.66. The van der Waals surface area contributed by atoms with E-state index in [9.17, 15) is 13.2 Å². The molecule has 0 aliphatic carbocycles. The van der Waals surface area contributed by atoms with Crippen LogP contribution in [0.2, 0.25) is 0 Å². The molecule has 0 atom stereocenters. The Morgan fingerprint density at radius 1 is 0.833 bits per heavy atom. The van der Waals surface area contributed by atoms with Gasteiger partial charge in [-0.25, -0.2) is 8.42 Å². The van der Waals surface area contributed by atoms with Crippen LogP contribution in [0, 0.1) is 20.8 Å². The SMILES string of the molecule is C.Cc1ccc(S(=O)(=O)N(CC(=O)N2CCN(Cc3ccccc3)CC2)c2ccc(C)c(C)c2)cc1. The van der Waals surface area contributed by atoms with Crippen molar-refractivity contribution in [3.63, 3.8) is 0 Å². The number of piperazine rings is 1. The van der Waals surface area contributed by atoms with E-state index in [1.165, 1.54) is 9.87 Å². The molecule has 1 amide bonds. The average Bonchev–Trinajstić information content (AvgIpc) is 2.85. The molecule has 1 aliphatic rings. The lowest BCUT2D eigenvalue weighted by molar-refractivity contribution is -0.131. The van der Waals surface area contributed by atoms with E-state index in [1.54, 1.807) is 35.2 Å². The molecule has 192 valence electrons. The second-order valence-corrected chi connectivity index (χ2v) is 11.1. The summed E-state index contributed by atoms with van der Waals surface area (Å²) in [6.07, 6.45) is 0. The maximum atomic E-state index is 13.7. The summed E-state index contributed by atoms with van der Waals surface area (Å²) in [5.74, 6) is -0.182. The fraction of sp³-hybridized carbons (Fsp3) is 0.345. The first kappa shape index (κ1) is 27.4. The Labute approximate surface area is 216 Å². The molecule has 6 nitrogen and oxygen atoms in total. The third-order valence-electron chi connectivity index (χ3n) is 6.64. The van der Waals surface area contributed by atoms with Crippen LogP contribution in [0.5, 0.6) is 0 Å². The minimum absolute atomic E-state index is 0. The number of anilines is 1. The van der Waals surface area contributed by atoms with Gasteiger partial charge in [-0.05, 0) is 61.7 Å². The monoisotopic (exact) mass is 507 g/mol. The summed E-state index contributed by atoms with van der Waals surface area (Å²) >= 11 is 0. The summed E-state index contributed by atoms with van der Waals surface area (Å²) in [5.41, 5.74) is 4.78. The van der Waals surface area contributed by atoms with Gasteiger partial charge in [0.2, 0.25) is 5.91 Å². The van der Waals surface area contributed by atoms with Crippen LogP contribution >= 0.6 is 0 Å². The quantitative estimate of drug-likeness (QED) is 0.462. The van der Waals surface area contributed by atoms with Gasteiger partial charge in [0.15, 0.2) is 0 Å². The first-order chi connectivity index (χ1) is 16.7. The lowest BCUT2D eigenvalue weighted by atomic mass is 10.1. The summed E-state index contributed by atoms with van der Waals surface area (Å²) in [6, 6.07) is 22.6. The lowest BCUT2D eigenvalue weighted by Crippen LogP contribution is -2.51. The molecule has 36 heavy (non-hydrogen) atoms. The van der Waals surface area contributed by atoms with Gasteiger partial charge in [-0.2, -0.15) is 0 Å². The number of sulfonamides is 1. The minimum Gasteiger partial charge on any atom is -0.339 e. The molecule has 1 heterocycles. The van der Waals surface area contributed by atoms with Crippen LogP contribution < -0.4 is 4.31 Å². The molecule has 3 aromatic rings. The second-order valence-electron chi connectivity index (χ2n) is 9.24. The Balaban J connectivity index is 0.00000361. The largest absolute Gasteiger partial charge is 0.339 e. The van der Waals surface area contributed by atoms with Crippen molar-refractivity contribution in [1.82, 2.24) is 9.80 Å². The van der Waals surface area contributed by atoms with Crippen molar-refractivity contribution < 1.29 is 13.2 Å². The van der Waals surface area contributed by atoms with Crippen LogP contribution in [0.1, 0.15) is 29.7 Å². The number of aryl methyl sites for hydroxylation is 3. The van der Waals surface area contributed by atoms with Gasteiger partial charge in [0.1, 0.15) is 6.54 Å². The topological polar surface area (TPSA) is 60.9 Å². The Bertz CT molecular complexity index is 1270. The summed E-state index contributed by atoms with van der Waals surface area (Å²) in [4.78, 5) is 17.6. The minimum atomic E-state index is -3.91. The average molecular weight is 508 g/mol. The Morgan fingerprint density at radius 3 is 2.08 bits per heavy atom. The number of carbonyl (C=O) groups excluding carboxylic acids is 1. The van der Waals surface area contributed by atoms with Crippen molar-refractivity contribution in [2.45, 2.75) is 39.6 Å². The molecule has 0 N–H and O–H groups in total. The zero-order chi connectivity index (χ0) is 25.0. The van der Waals surface area contributed by atoms with Crippen LogP contribution in [0.15, 0.2) is 77.7 Å². The molecule has 3 aromatic carbocycles. The number of hydrogen-bond acceptors (Lipinski definition) is 4. The number of hydrogen-bond donors (Lipinski definition) is 0. The van der Waals surface area contributed by atoms with Crippen LogP contribution in [-0.4, -0.2) is 56.8 Å². The zero-order valence-electron chi connectivity index (χ0n) is 20.6. The Kier molecular flexibility index (Phi) is 8.93. The van der Waals surface area contributed by atoms with E-state index < -0.39 is 10.0 Å². The van der Waals surface area contributed by atoms with Crippen LogP contribution in [0.25, 0.3) is 0 Å². The molecular formula is C29H37N3O3S. The van der Waals surface area contributed by atoms with Crippen molar-refractivity contribution in [3.05, 3.63) is 95.1 Å². The molecule has 0 spiro atoms. The van der Waals surface area contributed by atoms with Crippen molar-refractivity contribution >= 4 is 21.6 Å². The maximum Gasteiger partial charge on any atom is 0.264 e. The van der Waals surface area contributed by atoms with Crippen LogP contribution in [0.3, 0.4) is 0 Å². The van der Waals surface area contributed by atoms with E-state index in [1.807, 2.05) is 51.1 Å². The number of carbonyl (C=O) groups is 1.